The number of amides is 2. The van der Waals surface area contributed by atoms with Gasteiger partial charge in [-0.2, -0.15) is 0 Å². The lowest BCUT2D eigenvalue weighted by atomic mass is 10.0. The van der Waals surface area contributed by atoms with E-state index >= 15 is 0 Å². The van der Waals surface area contributed by atoms with E-state index in [0.717, 1.165) is 17.5 Å². The van der Waals surface area contributed by atoms with Crippen LogP contribution in [-0.4, -0.2) is 34.6 Å². The maximum absolute atomic E-state index is 13.8. The number of halogens is 4. The van der Waals surface area contributed by atoms with Gasteiger partial charge in [0.1, 0.15) is 6.04 Å². The first-order valence-corrected chi connectivity index (χ1v) is 14.9. The Bertz CT molecular complexity index is 1200. The van der Waals surface area contributed by atoms with Gasteiger partial charge >= 0.3 is 0 Å². The van der Waals surface area contributed by atoms with Crippen molar-refractivity contribution in [1.82, 2.24) is 10.2 Å². The van der Waals surface area contributed by atoms with Crippen LogP contribution in [-0.2, 0) is 28.3 Å². The Labute approximate surface area is 249 Å². The second-order valence-electron chi connectivity index (χ2n) is 8.94. The van der Waals surface area contributed by atoms with Gasteiger partial charge in [0.2, 0.25) is 11.8 Å². The molecule has 0 spiro atoms. The van der Waals surface area contributed by atoms with Gasteiger partial charge in [-0.25, -0.2) is 0 Å². The Morgan fingerprint density at radius 2 is 1.39 bits per heavy atom. The van der Waals surface area contributed by atoms with Crippen LogP contribution in [0.3, 0.4) is 0 Å². The van der Waals surface area contributed by atoms with Gasteiger partial charge in [-0.05, 0) is 48.7 Å². The summed E-state index contributed by atoms with van der Waals surface area (Å²) in [6.45, 7) is 4.04. The Hall–Kier alpha value is -1.89. The lowest BCUT2D eigenvalue weighted by Crippen LogP contribution is -2.52. The monoisotopic (exact) mass is 610 g/mol. The normalized spacial score (nSPS) is 12.6. The van der Waals surface area contributed by atoms with E-state index in [4.69, 9.17) is 46.4 Å². The predicted octanol–water partition coefficient (Wildman–Crippen LogP) is 8.09. The van der Waals surface area contributed by atoms with Crippen molar-refractivity contribution in [2.45, 2.75) is 51.1 Å². The fraction of sp³-hybridized carbons (Fsp3) is 0.310. The van der Waals surface area contributed by atoms with Crippen molar-refractivity contribution in [3.8, 4) is 0 Å². The van der Waals surface area contributed by atoms with Crippen LogP contribution >= 0.6 is 58.2 Å². The number of carbonyl (C=O) groups excluding carboxylic acids is 2. The molecular formula is C29H30Cl4N2O2S. The van der Waals surface area contributed by atoms with Crippen LogP contribution in [0.1, 0.15) is 37.0 Å². The van der Waals surface area contributed by atoms with Gasteiger partial charge < -0.3 is 10.2 Å². The fourth-order valence-electron chi connectivity index (χ4n) is 3.84. The standard InChI is InChI=1S/C29H30Cl4N2O2S/c1-3-19(2)34-29(37)27(15-20-9-5-4-6-10-20)35(16-21-23(30)11-7-12-24(21)31)28(36)18-38-17-22-25(32)13-8-14-26(22)33/h4-14,19,27H,3,15-18H2,1-2H3,(H,34,37). The van der Waals surface area contributed by atoms with Gasteiger partial charge in [0.05, 0.1) is 5.75 Å². The highest BCUT2D eigenvalue weighted by atomic mass is 35.5. The van der Waals surface area contributed by atoms with E-state index in [1.807, 2.05) is 44.2 Å². The summed E-state index contributed by atoms with van der Waals surface area (Å²) < 4.78 is 0. The lowest BCUT2D eigenvalue weighted by Gasteiger charge is -2.32. The van der Waals surface area contributed by atoms with Crippen LogP contribution in [0.25, 0.3) is 0 Å². The first-order chi connectivity index (χ1) is 18.2. The third-order valence-corrected chi connectivity index (χ3v) is 8.56. The van der Waals surface area contributed by atoms with Gasteiger partial charge in [0.25, 0.3) is 0 Å². The molecule has 0 bridgehead atoms. The van der Waals surface area contributed by atoms with Gasteiger partial charge in [-0.15, -0.1) is 11.8 Å². The van der Waals surface area contributed by atoms with Crippen LogP contribution in [0.15, 0.2) is 66.7 Å². The largest absolute Gasteiger partial charge is 0.352 e. The summed E-state index contributed by atoms with van der Waals surface area (Å²) in [5, 5.41) is 5.03. The molecular weight excluding hydrogens is 582 g/mol. The first-order valence-electron chi connectivity index (χ1n) is 12.3. The highest BCUT2D eigenvalue weighted by Gasteiger charge is 2.31. The SMILES string of the molecule is CCC(C)NC(=O)C(Cc1ccccc1)N(Cc1c(Cl)cccc1Cl)C(=O)CSCc1c(Cl)cccc1Cl. The molecule has 3 aromatic carbocycles. The predicted molar refractivity (Wildman–Crippen MR) is 161 cm³/mol. The summed E-state index contributed by atoms with van der Waals surface area (Å²) in [6.07, 6.45) is 1.11. The van der Waals surface area contributed by atoms with Gasteiger partial charge in [-0.3, -0.25) is 9.59 Å². The van der Waals surface area contributed by atoms with Crippen molar-refractivity contribution < 1.29 is 9.59 Å². The van der Waals surface area contributed by atoms with Crippen molar-refractivity contribution in [2.24, 2.45) is 0 Å². The number of nitrogens with zero attached hydrogens (tertiary/aromatic N) is 1. The molecule has 0 heterocycles. The molecule has 38 heavy (non-hydrogen) atoms. The van der Waals surface area contributed by atoms with Crippen molar-refractivity contribution in [3.63, 3.8) is 0 Å². The van der Waals surface area contributed by atoms with Crippen molar-refractivity contribution in [1.29, 1.82) is 0 Å². The maximum atomic E-state index is 13.8. The quantitative estimate of drug-likeness (QED) is 0.225. The molecule has 0 aromatic heterocycles. The molecule has 9 heteroatoms. The van der Waals surface area contributed by atoms with Crippen LogP contribution in [0, 0.1) is 0 Å². The number of benzene rings is 3. The number of nitrogens with one attached hydrogen (secondary N) is 1. The van der Waals surface area contributed by atoms with Crippen molar-refractivity contribution >= 4 is 70.0 Å². The van der Waals surface area contributed by atoms with Gasteiger partial charge in [-0.1, -0.05) is 95.8 Å². The molecule has 2 atom stereocenters. The summed E-state index contributed by atoms with van der Waals surface area (Å²) in [5.41, 5.74) is 2.30. The van der Waals surface area contributed by atoms with Gasteiger partial charge in [0, 0.05) is 50.4 Å². The zero-order chi connectivity index (χ0) is 27.7. The van der Waals surface area contributed by atoms with E-state index in [2.05, 4.69) is 5.32 Å². The Morgan fingerprint density at radius 3 is 1.95 bits per heavy atom. The minimum atomic E-state index is -0.768. The molecule has 0 fully saturated rings. The highest BCUT2D eigenvalue weighted by Crippen LogP contribution is 2.30. The molecule has 2 unspecified atom stereocenters. The molecule has 3 aromatic rings. The average molecular weight is 612 g/mol. The third-order valence-electron chi connectivity index (χ3n) is 6.20. The smallest absolute Gasteiger partial charge is 0.243 e. The molecule has 202 valence electrons. The lowest BCUT2D eigenvalue weighted by molar-refractivity contribution is -0.139. The number of thioether (sulfide) groups is 1. The van der Waals surface area contributed by atoms with Crippen LogP contribution in [0.2, 0.25) is 20.1 Å². The maximum Gasteiger partial charge on any atom is 0.243 e. The van der Waals surface area contributed by atoms with Crippen molar-refractivity contribution in [3.05, 3.63) is 104 Å². The zero-order valence-corrected chi connectivity index (χ0v) is 25.1. The average Bonchev–Trinajstić information content (AvgIpc) is 2.89. The Kier molecular flexibility index (Phi) is 12.1. The summed E-state index contributed by atoms with van der Waals surface area (Å²) >= 11 is 27.0. The van der Waals surface area contributed by atoms with Crippen LogP contribution in [0.5, 0.6) is 0 Å². The molecule has 3 rings (SSSR count). The number of hydrogen-bond donors (Lipinski definition) is 1. The Morgan fingerprint density at radius 1 is 0.842 bits per heavy atom. The fourth-order valence-corrected chi connectivity index (χ4v) is 6.01. The van der Waals surface area contributed by atoms with E-state index in [-0.39, 0.29) is 30.2 Å². The number of hydrogen-bond acceptors (Lipinski definition) is 3. The minimum Gasteiger partial charge on any atom is -0.352 e. The molecule has 0 aliphatic rings. The summed E-state index contributed by atoms with van der Waals surface area (Å²) in [4.78, 5) is 29.0. The van der Waals surface area contributed by atoms with E-state index in [1.165, 1.54) is 11.8 Å². The van der Waals surface area contributed by atoms with E-state index in [0.29, 0.717) is 37.8 Å². The highest BCUT2D eigenvalue weighted by molar-refractivity contribution is 7.99. The molecule has 0 saturated carbocycles. The molecule has 2 amide bonds. The van der Waals surface area contributed by atoms with Gasteiger partial charge in [0.15, 0.2) is 0 Å². The molecule has 0 aliphatic heterocycles. The molecule has 1 N–H and O–H groups in total. The van der Waals surface area contributed by atoms with Crippen LogP contribution in [0.4, 0.5) is 0 Å². The molecule has 0 aliphatic carbocycles. The number of carbonyl (C=O) groups is 2. The Balaban J connectivity index is 1.92. The first kappa shape index (κ1) is 30.6. The topological polar surface area (TPSA) is 49.4 Å². The van der Waals surface area contributed by atoms with Crippen LogP contribution < -0.4 is 5.32 Å². The molecule has 0 radical (unpaired) electrons. The summed E-state index contributed by atoms with van der Waals surface area (Å²) in [6, 6.07) is 19.4. The van der Waals surface area contributed by atoms with E-state index in [1.54, 1.807) is 41.3 Å². The van der Waals surface area contributed by atoms with E-state index in [9.17, 15) is 9.59 Å². The van der Waals surface area contributed by atoms with E-state index < -0.39 is 6.04 Å². The zero-order valence-electron chi connectivity index (χ0n) is 21.2. The molecule has 0 saturated heterocycles. The van der Waals surface area contributed by atoms with Crippen molar-refractivity contribution in [2.75, 3.05) is 5.75 Å². The summed E-state index contributed by atoms with van der Waals surface area (Å²) in [5.74, 6) is 0.132. The molecule has 4 nitrogen and oxygen atoms in total. The third kappa shape index (κ3) is 8.56. The number of rotatable bonds is 12. The second kappa shape index (κ2) is 15.0. The second-order valence-corrected chi connectivity index (χ2v) is 11.6. The summed E-state index contributed by atoms with van der Waals surface area (Å²) in [7, 11) is 0. The minimum absolute atomic E-state index is 0.0432.